The lowest BCUT2D eigenvalue weighted by molar-refractivity contribution is 0.0991. The maximum Gasteiger partial charge on any atom is 0.264 e. The van der Waals surface area contributed by atoms with E-state index in [1.54, 1.807) is 17.8 Å². The van der Waals surface area contributed by atoms with Crippen LogP contribution in [0.1, 0.15) is 30.2 Å². The van der Waals surface area contributed by atoms with E-state index < -0.39 is 0 Å². The average molecular weight is 269 g/mol. The van der Waals surface area contributed by atoms with Crippen LogP contribution in [-0.4, -0.2) is 27.9 Å². The average Bonchev–Trinajstić information content (AvgIpc) is 2.95. The van der Waals surface area contributed by atoms with E-state index in [0.717, 1.165) is 0 Å². The summed E-state index contributed by atoms with van der Waals surface area (Å²) in [6, 6.07) is 1.69. The molecule has 0 aliphatic heterocycles. The molecule has 0 aliphatic rings. The normalized spacial score (nSPS) is 10.9. The second kappa shape index (κ2) is 4.81. The molecule has 0 saturated carbocycles. The predicted octanol–water partition coefficient (Wildman–Crippen LogP) is 2.38. The lowest BCUT2D eigenvalue weighted by Gasteiger charge is -2.13. The minimum atomic E-state index is -0.277. The summed E-state index contributed by atoms with van der Waals surface area (Å²) in [5.41, 5.74) is 0.343. The molecule has 0 spiro atoms. The van der Waals surface area contributed by atoms with Gasteiger partial charge in [-0.3, -0.25) is 14.4 Å². The summed E-state index contributed by atoms with van der Waals surface area (Å²) in [5.74, 6) is 0.147. The smallest absolute Gasteiger partial charge is 0.264 e. The summed E-state index contributed by atoms with van der Waals surface area (Å²) < 4.78 is 6.29. The Morgan fingerprint density at radius 3 is 2.78 bits per heavy atom. The third kappa shape index (κ3) is 2.11. The molecule has 18 heavy (non-hydrogen) atoms. The second-order valence-electron chi connectivity index (χ2n) is 4.11. The first-order valence-corrected chi connectivity index (χ1v) is 5.81. The highest BCUT2D eigenvalue weighted by Gasteiger charge is 2.22. The van der Waals surface area contributed by atoms with Crippen molar-refractivity contribution in [2.45, 2.75) is 19.9 Å². The Morgan fingerprint density at radius 1 is 1.56 bits per heavy atom. The minimum Gasteiger partial charge on any atom is -0.363 e. The van der Waals surface area contributed by atoms with E-state index >= 15 is 0 Å². The molecule has 0 fully saturated rings. The zero-order valence-corrected chi connectivity index (χ0v) is 11.0. The van der Waals surface area contributed by atoms with Gasteiger partial charge in [-0.05, 0) is 13.8 Å². The van der Waals surface area contributed by atoms with Crippen molar-refractivity contribution < 1.29 is 9.32 Å². The molecule has 0 aliphatic carbocycles. The Hall–Kier alpha value is -1.82. The molecule has 0 aromatic carbocycles. The second-order valence-corrected chi connectivity index (χ2v) is 4.47. The Labute approximate surface area is 109 Å². The Morgan fingerprint density at radius 2 is 2.28 bits per heavy atom. The number of carbonyl (C=O) groups excluding carboxylic acids is 1. The van der Waals surface area contributed by atoms with Crippen LogP contribution in [0.4, 0.5) is 5.82 Å². The van der Waals surface area contributed by atoms with Gasteiger partial charge in [0.2, 0.25) is 0 Å². The number of carbonyl (C=O) groups is 1. The monoisotopic (exact) mass is 268 g/mol. The molecule has 0 unspecified atom stereocenters. The molecule has 6 nitrogen and oxygen atoms in total. The summed E-state index contributed by atoms with van der Waals surface area (Å²) in [7, 11) is 1.60. The molecule has 0 atom stereocenters. The summed E-state index contributed by atoms with van der Waals surface area (Å²) in [4.78, 5) is 13.6. The molecule has 2 heterocycles. The van der Waals surface area contributed by atoms with Crippen molar-refractivity contribution in [3.63, 3.8) is 0 Å². The highest BCUT2D eigenvalue weighted by Crippen LogP contribution is 2.22. The molecular weight excluding hydrogens is 256 g/mol. The van der Waals surface area contributed by atoms with Crippen LogP contribution in [0.2, 0.25) is 5.15 Å². The lowest BCUT2D eigenvalue weighted by atomic mass is 10.3. The standard InChI is InChI=1S/C11H13ClN4O2/c1-7(2)16-10(12)8(6-13-16)11(17)15(3)9-4-5-18-14-9/h4-7H,1-3H3. The fourth-order valence-electron chi connectivity index (χ4n) is 1.51. The first kappa shape index (κ1) is 12.6. The number of amides is 1. The number of hydrogen-bond acceptors (Lipinski definition) is 4. The molecule has 0 saturated heterocycles. The summed E-state index contributed by atoms with van der Waals surface area (Å²) >= 11 is 6.13. The van der Waals surface area contributed by atoms with Gasteiger partial charge in [-0.15, -0.1) is 0 Å². The van der Waals surface area contributed by atoms with E-state index in [1.807, 2.05) is 13.8 Å². The van der Waals surface area contributed by atoms with E-state index in [0.29, 0.717) is 16.5 Å². The van der Waals surface area contributed by atoms with E-state index in [-0.39, 0.29) is 11.9 Å². The molecule has 0 N–H and O–H groups in total. The van der Waals surface area contributed by atoms with Crippen molar-refractivity contribution >= 4 is 23.3 Å². The van der Waals surface area contributed by atoms with Crippen LogP contribution in [0.5, 0.6) is 0 Å². The van der Waals surface area contributed by atoms with Crippen molar-refractivity contribution in [3.05, 3.63) is 29.2 Å². The maximum atomic E-state index is 12.2. The van der Waals surface area contributed by atoms with Crippen LogP contribution < -0.4 is 4.90 Å². The molecule has 2 rings (SSSR count). The Kier molecular flexibility index (Phi) is 3.38. The van der Waals surface area contributed by atoms with Crippen LogP contribution in [0.15, 0.2) is 23.0 Å². The van der Waals surface area contributed by atoms with Crippen LogP contribution in [0, 0.1) is 0 Å². The van der Waals surface area contributed by atoms with Crippen molar-refractivity contribution in [2.75, 3.05) is 11.9 Å². The summed E-state index contributed by atoms with van der Waals surface area (Å²) in [5, 5.41) is 8.11. The molecule has 96 valence electrons. The van der Waals surface area contributed by atoms with E-state index in [4.69, 9.17) is 16.1 Å². The number of rotatable bonds is 3. The maximum absolute atomic E-state index is 12.2. The third-order valence-electron chi connectivity index (χ3n) is 2.53. The zero-order chi connectivity index (χ0) is 13.3. The summed E-state index contributed by atoms with van der Waals surface area (Å²) in [6.07, 6.45) is 2.86. The van der Waals surface area contributed by atoms with Crippen molar-refractivity contribution in [1.29, 1.82) is 0 Å². The van der Waals surface area contributed by atoms with Crippen molar-refractivity contribution in [3.8, 4) is 0 Å². The quantitative estimate of drug-likeness (QED) is 0.857. The topological polar surface area (TPSA) is 64.2 Å². The SMILES string of the molecule is CC(C)n1ncc(C(=O)N(C)c2ccon2)c1Cl. The largest absolute Gasteiger partial charge is 0.363 e. The van der Waals surface area contributed by atoms with Gasteiger partial charge in [-0.25, -0.2) is 0 Å². The number of nitrogens with zero attached hydrogens (tertiary/aromatic N) is 4. The Balaban J connectivity index is 2.29. The lowest BCUT2D eigenvalue weighted by Crippen LogP contribution is -2.26. The number of anilines is 1. The van der Waals surface area contributed by atoms with Crippen LogP contribution in [0.25, 0.3) is 0 Å². The zero-order valence-electron chi connectivity index (χ0n) is 10.3. The van der Waals surface area contributed by atoms with Gasteiger partial charge in [0, 0.05) is 19.2 Å². The van der Waals surface area contributed by atoms with Crippen molar-refractivity contribution in [2.24, 2.45) is 0 Å². The fourth-order valence-corrected chi connectivity index (χ4v) is 1.88. The molecule has 2 aromatic heterocycles. The van der Waals surface area contributed by atoms with Crippen molar-refractivity contribution in [1.82, 2.24) is 14.9 Å². The first-order chi connectivity index (χ1) is 8.52. The van der Waals surface area contributed by atoms with Gasteiger partial charge >= 0.3 is 0 Å². The molecule has 0 bridgehead atoms. The molecular formula is C11H13ClN4O2. The van der Waals surface area contributed by atoms with Gasteiger partial charge < -0.3 is 4.52 Å². The van der Waals surface area contributed by atoms with E-state index in [1.165, 1.54) is 17.4 Å². The van der Waals surface area contributed by atoms with Gasteiger partial charge in [-0.1, -0.05) is 16.8 Å². The highest BCUT2D eigenvalue weighted by molar-refractivity contribution is 6.33. The van der Waals surface area contributed by atoms with Gasteiger partial charge in [0.25, 0.3) is 5.91 Å². The van der Waals surface area contributed by atoms with E-state index in [2.05, 4.69) is 10.3 Å². The highest BCUT2D eigenvalue weighted by atomic mass is 35.5. The minimum absolute atomic E-state index is 0.0939. The first-order valence-electron chi connectivity index (χ1n) is 5.43. The summed E-state index contributed by atoms with van der Waals surface area (Å²) in [6.45, 7) is 3.88. The Bertz CT molecular complexity index is 547. The van der Waals surface area contributed by atoms with Gasteiger partial charge in [-0.2, -0.15) is 5.10 Å². The van der Waals surface area contributed by atoms with E-state index in [9.17, 15) is 4.79 Å². The van der Waals surface area contributed by atoms with Crippen LogP contribution in [-0.2, 0) is 0 Å². The molecule has 1 amide bonds. The predicted molar refractivity (Wildman–Crippen MR) is 66.9 cm³/mol. The number of halogens is 1. The fraction of sp³-hybridized carbons (Fsp3) is 0.364. The van der Waals surface area contributed by atoms with Gasteiger partial charge in [0.05, 0.1) is 11.8 Å². The van der Waals surface area contributed by atoms with Gasteiger partial charge in [0.1, 0.15) is 11.4 Å². The van der Waals surface area contributed by atoms with Gasteiger partial charge in [0.15, 0.2) is 5.82 Å². The molecule has 7 heteroatoms. The van der Waals surface area contributed by atoms with Crippen LogP contribution in [0.3, 0.4) is 0 Å². The molecule has 0 radical (unpaired) electrons. The van der Waals surface area contributed by atoms with Crippen LogP contribution >= 0.6 is 11.6 Å². The number of hydrogen-bond donors (Lipinski definition) is 0. The third-order valence-corrected chi connectivity index (χ3v) is 2.90. The number of aromatic nitrogens is 3. The molecule has 2 aromatic rings.